The smallest absolute Gasteiger partial charge is 0.306 e. The lowest BCUT2D eigenvalue weighted by molar-refractivity contribution is -0.264. The zero-order chi connectivity index (χ0) is 40.4. The number of carbonyl (C=O) groups excluding carboxylic acids is 2. The lowest BCUT2D eigenvalue weighted by Gasteiger charge is -2.43. The molecule has 1 aliphatic heterocycles. The van der Waals surface area contributed by atoms with Gasteiger partial charge in [-0.25, -0.2) is 0 Å². The molecule has 1 fully saturated rings. The second kappa shape index (κ2) is 34.9. The van der Waals surface area contributed by atoms with E-state index >= 15 is 0 Å². The number of aliphatic hydroxyl groups excluding tert-OH is 5. The van der Waals surface area contributed by atoms with Crippen LogP contribution in [0.1, 0.15) is 168 Å². The van der Waals surface area contributed by atoms with Crippen LogP contribution in [0.15, 0.2) is 48.6 Å². The van der Waals surface area contributed by atoms with Crippen molar-refractivity contribution in [2.45, 2.75) is 211 Å². The van der Waals surface area contributed by atoms with E-state index in [-0.39, 0.29) is 12.8 Å². The molecule has 0 aromatic rings. The zero-order valence-corrected chi connectivity index (χ0v) is 34.3. The van der Waals surface area contributed by atoms with E-state index in [4.69, 9.17) is 14.2 Å². The van der Waals surface area contributed by atoms with Crippen molar-refractivity contribution in [2.24, 2.45) is 0 Å². The molecule has 10 heteroatoms. The SMILES string of the molecule is CCCCC/C=C\C/C=C\CCCCCCCC(=O)OC(C1O[C@H](CO)[C@H](O)[C@H](O)[C@@H]1O)[C@H](CO)OC(=O)CCCCCCC/C=C\C/C=C\CCCCC. The Morgan fingerprint density at radius 2 is 0.964 bits per heavy atom. The Bertz CT molecular complexity index is 1050. The van der Waals surface area contributed by atoms with E-state index in [0.29, 0.717) is 12.8 Å². The number of esters is 2. The molecule has 0 aromatic heterocycles. The van der Waals surface area contributed by atoms with Gasteiger partial charge in [0.15, 0.2) is 12.2 Å². The minimum atomic E-state index is -1.74. The molecule has 0 amide bonds. The summed E-state index contributed by atoms with van der Waals surface area (Å²) in [6, 6.07) is 0. The Hall–Kier alpha value is -2.34. The summed E-state index contributed by atoms with van der Waals surface area (Å²) in [6.45, 7) is 3.02. The fourth-order valence-electron chi connectivity index (χ4n) is 6.56. The van der Waals surface area contributed by atoms with Crippen molar-refractivity contribution in [3.05, 3.63) is 48.6 Å². The first kappa shape index (κ1) is 50.7. The fourth-order valence-corrected chi connectivity index (χ4v) is 6.56. The Kier molecular flexibility index (Phi) is 32.1. The van der Waals surface area contributed by atoms with Crippen LogP contribution in [-0.4, -0.2) is 93.4 Å². The topological polar surface area (TPSA) is 163 Å². The van der Waals surface area contributed by atoms with Crippen molar-refractivity contribution in [3.63, 3.8) is 0 Å². The molecule has 10 nitrogen and oxygen atoms in total. The minimum absolute atomic E-state index is 0.0659. The van der Waals surface area contributed by atoms with E-state index in [1.54, 1.807) is 0 Å². The van der Waals surface area contributed by atoms with Gasteiger partial charge in [0.25, 0.3) is 0 Å². The van der Waals surface area contributed by atoms with Gasteiger partial charge in [0.2, 0.25) is 0 Å². The largest absolute Gasteiger partial charge is 0.456 e. The van der Waals surface area contributed by atoms with Crippen molar-refractivity contribution in [3.8, 4) is 0 Å². The van der Waals surface area contributed by atoms with Crippen molar-refractivity contribution >= 4 is 11.9 Å². The number of ether oxygens (including phenoxy) is 3. The average molecular weight is 779 g/mol. The molecule has 0 aliphatic carbocycles. The summed E-state index contributed by atoms with van der Waals surface area (Å²) in [5.74, 6) is -1.22. The van der Waals surface area contributed by atoms with E-state index in [9.17, 15) is 35.1 Å². The number of allylic oxidation sites excluding steroid dienone is 8. The molecule has 2 unspecified atom stereocenters. The maximum atomic E-state index is 13.0. The highest BCUT2D eigenvalue weighted by molar-refractivity contribution is 5.70. The third-order valence-corrected chi connectivity index (χ3v) is 10.0. The van der Waals surface area contributed by atoms with Gasteiger partial charge >= 0.3 is 11.9 Å². The van der Waals surface area contributed by atoms with E-state index in [2.05, 4.69) is 62.5 Å². The summed E-state index contributed by atoms with van der Waals surface area (Å²) in [6.07, 6.45) is 30.1. The van der Waals surface area contributed by atoms with Gasteiger partial charge in [0.1, 0.15) is 30.5 Å². The van der Waals surface area contributed by atoms with Gasteiger partial charge in [-0.05, 0) is 77.0 Å². The third kappa shape index (κ3) is 24.8. The predicted octanol–water partition coefficient (Wildman–Crippen LogP) is 8.27. The number of hydrogen-bond acceptors (Lipinski definition) is 10. The molecule has 55 heavy (non-hydrogen) atoms. The summed E-state index contributed by atoms with van der Waals surface area (Å²) in [5.41, 5.74) is 0. The molecule has 318 valence electrons. The van der Waals surface area contributed by atoms with Crippen molar-refractivity contribution in [1.82, 2.24) is 0 Å². The molecule has 5 N–H and O–H groups in total. The Balaban J connectivity index is 2.52. The lowest BCUT2D eigenvalue weighted by atomic mass is 9.90. The molecule has 1 saturated heterocycles. The monoisotopic (exact) mass is 779 g/mol. The molecule has 0 spiro atoms. The van der Waals surface area contributed by atoms with Gasteiger partial charge in [0.05, 0.1) is 13.2 Å². The number of rotatable bonds is 34. The van der Waals surface area contributed by atoms with Gasteiger partial charge in [-0.2, -0.15) is 0 Å². The van der Waals surface area contributed by atoms with E-state index < -0.39 is 67.9 Å². The maximum Gasteiger partial charge on any atom is 0.306 e. The molecule has 1 aliphatic rings. The Morgan fingerprint density at radius 1 is 0.545 bits per heavy atom. The van der Waals surface area contributed by atoms with Gasteiger partial charge < -0.3 is 39.7 Å². The molecule has 1 rings (SSSR count). The minimum Gasteiger partial charge on any atom is -0.456 e. The summed E-state index contributed by atoms with van der Waals surface area (Å²) in [7, 11) is 0. The first-order chi connectivity index (χ1) is 26.8. The van der Waals surface area contributed by atoms with Crippen molar-refractivity contribution in [2.75, 3.05) is 13.2 Å². The number of hydrogen-bond donors (Lipinski definition) is 5. The van der Waals surface area contributed by atoms with Gasteiger partial charge in [-0.3, -0.25) is 9.59 Å². The first-order valence-corrected chi connectivity index (χ1v) is 21.7. The Labute approximate surface area is 333 Å². The quantitative estimate of drug-likeness (QED) is 0.0244. The van der Waals surface area contributed by atoms with Crippen LogP contribution in [0, 0.1) is 0 Å². The standard InChI is InChI=1S/C45H78O10/c1-3-5-7-9-11-13-15-17-19-21-23-25-27-29-31-33-39(48)53-38(36-47)44(45-43(52)42(51)41(50)37(35-46)54-45)55-40(49)34-32-30-28-26-24-22-20-18-16-14-12-10-8-6-4-2/h11-14,17-20,37-38,41-47,50-52H,3-10,15-16,21-36H2,1-2H3/b13-11-,14-12-,19-17-,20-18-/t37-,38+,41+,42+,43+,44?,45?/m1/s1. The summed E-state index contributed by atoms with van der Waals surface area (Å²) in [5, 5.41) is 51.5. The number of aliphatic hydroxyl groups is 5. The van der Waals surface area contributed by atoms with Crippen LogP contribution in [0.2, 0.25) is 0 Å². The summed E-state index contributed by atoms with van der Waals surface area (Å²) < 4.78 is 16.9. The molecular weight excluding hydrogens is 700 g/mol. The van der Waals surface area contributed by atoms with E-state index in [1.165, 1.54) is 38.5 Å². The van der Waals surface area contributed by atoms with Crippen molar-refractivity contribution < 1.29 is 49.3 Å². The molecule has 7 atom stereocenters. The van der Waals surface area contributed by atoms with Gasteiger partial charge in [-0.1, -0.05) is 127 Å². The first-order valence-electron chi connectivity index (χ1n) is 21.7. The highest BCUT2D eigenvalue weighted by Crippen LogP contribution is 2.28. The van der Waals surface area contributed by atoms with Crippen LogP contribution in [0.5, 0.6) is 0 Å². The summed E-state index contributed by atoms with van der Waals surface area (Å²) >= 11 is 0. The average Bonchev–Trinajstić information content (AvgIpc) is 3.18. The number of unbranched alkanes of at least 4 members (excludes halogenated alkanes) is 16. The van der Waals surface area contributed by atoms with Crippen LogP contribution >= 0.6 is 0 Å². The molecule has 0 radical (unpaired) electrons. The second-order valence-corrected chi connectivity index (χ2v) is 14.9. The Morgan fingerprint density at radius 3 is 1.40 bits per heavy atom. The molecule has 0 saturated carbocycles. The van der Waals surface area contributed by atoms with Crippen LogP contribution in [0.4, 0.5) is 0 Å². The highest BCUT2D eigenvalue weighted by Gasteiger charge is 2.50. The predicted molar refractivity (Wildman–Crippen MR) is 219 cm³/mol. The zero-order valence-electron chi connectivity index (χ0n) is 34.3. The fraction of sp³-hybridized carbons (Fsp3) is 0.778. The molecule has 0 aromatic carbocycles. The lowest BCUT2D eigenvalue weighted by Crippen LogP contribution is -2.64. The van der Waals surface area contributed by atoms with Crippen molar-refractivity contribution in [1.29, 1.82) is 0 Å². The second-order valence-electron chi connectivity index (χ2n) is 14.9. The normalized spacial score (nSPS) is 21.6. The van der Waals surface area contributed by atoms with Crippen LogP contribution in [0.3, 0.4) is 0 Å². The van der Waals surface area contributed by atoms with E-state index in [0.717, 1.165) is 89.9 Å². The highest BCUT2D eigenvalue weighted by atomic mass is 16.6. The third-order valence-electron chi connectivity index (χ3n) is 10.0. The van der Waals surface area contributed by atoms with E-state index in [1.807, 2.05) is 0 Å². The molecular formula is C45H78O10. The van der Waals surface area contributed by atoms with Gasteiger partial charge in [-0.15, -0.1) is 0 Å². The number of carbonyl (C=O) groups is 2. The molecule has 1 heterocycles. The van der Waals surface area contributed by atoms with Crippen LogP contribution in [0.25, 0.3) is 0 Å². The summed E-state index contributed by atoms with van der Waals surface area (Å²) in [4.78, 5) is 25.8. The van der Waals surface area contributed by atoms with Gasteiger partial charge in [0, 0.05) is 12.8 Å². The van der Waals surface area contributed by atoms with Crippen LogP contribution < -0.4 is 0 Å². The maximum absolute atomic E-state index is 13.0. The van der Waals surface area contributed by atoms with Crippen LogP contribution in [-0.2, 0) is 23.8 Å². The molecule has 0 bridgehead atoms.